The highest BCUT2D eigenvalue weighted by atomic mass is 15.0. The number of aromatic nitrogens is 3. The van der Waals surface area contributed by atoms with Crippen LogP contribution in [0.3, 0.4) is 0 Å². The molecule has 1 aliphatic carbocycles. The topological polar surface area (TPSA) is 53.6 Å². The van der Waals surface area contributed by atoms with Crippen molar-refractivity contribution in [1.29, 1.82) is 0 Å². The van der Waals surface area contributed by atoms with Crippen molar-refractivity contribution in [2.24, 2.45) is 0 Å². The normalized spacial score (nSPS) is 17.1. The minimum atomic E-state index is 0.555. The van der Waals surface area contributed by atoms with E-state index in [9.17, 15) is 0 Å². The number of anilines is 1. The van der Waals surface area contributed by atoms with E-state index in [1.54, 1.807) is 0 Å². The summed E-state index contributed by atoms with van der Waals surface area (Å²) in [6.07, 6.45) is 7.00. The van der Waals surface area contributed by atoms with Gasteiger partial charge in [-0.15, -0.1) is 0 Å². The Morgan fingerprint density at radius 2 is 2.12 bits per heavy atom. The van der Waals surface area contributed by atoms with E-state index >= 15 is 0 Å². The summed E-state index contributed by atoms with van der Waals surface area (Å²) in [5, 5.41) is 4.22. The molecule has 16 heavy (non-hydrogen) atoms. The van der Waals surface area contributed by atoms with E-state index < -0.39 is 0 Å². The van der Waals surface area contributed by atoms with Gasteiger partial charge in [0.15, 0.2) is 0 Å². The van der Waals surface area contributed by atoms with Crippen molar-refractivity contribution in [2.75, 3.05) is 12.4 Å². The molecule has 2 N–H and O–H groups in total. The summed E-state index contributed by atoms with van der Waals surface area (Å²) in [5.41, 5.74) is 0.946. The Morgan fingerprint density at radius 3 is 2.88 bits per heavy atom. The van der Waals surface area contributed by atoms with Crippen molar-refractivity contribution >= 4 is 16.9 Å². The Labute approximate surface area is 94.5 Å². The van der Waals surface area contributed by atoms with Gasteiger partial charge in [-0.05, 0) is 18.9 Å². The first kappa shape index (κ1) is 9.63. The van der Waals surface area contributed by atoms with Gasteiger partial charge in [-0.1, -0.05) is 12.8 Å². The molecule has 0 aliphatic heterocycles. The summed E-state index contributed by atoms with van der Waals surface area (Å²) in [5.74, 6) is 2.49. The molecule has 0 saturated heterocycles. The Bertz CT molecular complexity index is 497. The van der Waals surface area contributed by atoms with Crippen LogP contribution in [0.15, 0.2) is 12.3 Å². The van der Waals surface area contributed by atoms with Crippen molar-refractivity contribution in [2.45, 2.75) is 31.6 Å². The molecule has 0 bridgehead atoms. The highest BCUT2D eigenvalue weighted by Crippen LogP contribution is 2.33. The second-order valence-electron chi connectivity index (χ2n) is 4.40. The molecule has 0 unspecified atom stereocenters. The lowest BCUT2D eigenvalue weighted by atomic mass is 10.1. The van der Waals surface area contributed by atoms with Gasteiger partial charge in [-0.3, -0.25) is 0 Å². The number of aromatic amines is 1. The van der Waals surface area contributed by atoms with Crippen LogP contribution in [0.2, 0.25) is 0 Å². The smallest absolute Gasteiger partial charge is 0.143 e. The van der Waals surface area contributed by atoms with Crippen molar-refractivity contribution in [3.05, 3.63) is 18.1 Å². The summed E-state index contributed by atoms with van der Waals surface area (Å²) in [7, 11) is 1.91. The number of nitrogens with zero attached hydrogens (tertiary/aromatic N) is 2. The van der Waals surface area contributed by atoms with E-state index in [0.717, 1.165) is 22.7 Å². The molecule has 2 aromatic heterocycles. The number of H-pyrrole nitrogens is 1. The summed E-state index contributed by atoms with van der Waals surface area (Å²) < 4.78 is 0. The summed E-state index contributed by atoms with van der Waals surface area (Å²) in [6, 6.07) is 2.01. The van der Waals surface area contributed by atoms with Crippen molar-refractivity contribution < 1.29 is 0 Å². The SMILES string of the molecule is CNc1nc(C2CCCC2)nc2[nH]ccc12. The molecule has 4 heteroatoms. The lowest BCUT2D eigenvalue weighted by Gasteiger charge is -2.09. The standard InChI is InChI=1S/C12H16N4/c1-13-11-9-6-7-14-12(9)16-10(15-11)8-4-2-3-5-8/h6-8H,2-5H2,1H3,(H2,13,14,15,16). The van der Waals surface area contributed by atoms with Crippen LogP contribution in [0, 0.1) is 0 Å². The Kier molecular flexibility index (Phi) is 2.27. The second kappa shape index (κ2) is 3.77. The molecule has 0 amide bonds. The van der Waals surface area contributed by atoms with Gasteiger partial charge in [0.2, 0.25) is 0 Å². The molecule has 2 aromatic rings. The van der Waals surface area contributed by atoms with E-state index in [1.165, 1.54) is 25.7 Å². The molecular weight excluding hydrogens is 200 g/mol. The van der Waals surface area contributed by atoms with Crippen LogP contribution in [-0.2, 0) is 0 Å². The Morgan fingerprint density at radius 1 is 1.31 bits per heavy atom. The molecule has 84 valence electrons. The molecule has 2 heterocycles. The predicted octanol–water partition coefficient (Wildman–Crippen LogP) is 2.66. The Hall–Kier alpha value is -1.58. The second-order valence-corrected chi connectivity index (χ2v) is 4.40. The fourth-order valence-electron chi connectivity index (χ4n) is 2.52. The third-order valence-electron chi connectivity index (χ3n) is 3.39. The van der Waals surface area contributed by atoms with E-state index in [-0.39, 0.29) is 0 Å². The molecule has 0 atom stereocenters. The van der Waals surface area contributed by atoms with E-state index in [4.69, 9.17) is 0 Å². The molecule has 3 rings (SSSR count). The minimum absolute atomic E-state index is 0.555. The number of hydrogen-bond acceptors (Lipinski definition) is 3. The van der Waals surface area contributed by atoms with Gasteiger partial charge < -0.3 is 10.3 Å². The lowest BCUT2D eigenvalue weighted by molar-refractivity contribution is 0.672. The van der Waals surface area contributed by atoms with Crippen molar-refractivity contribution in [3.8, 4) is 0 Å². The van der Waals surface area contributed by atoms with Gasteiger partial charge in [0.05, 0.1) is 5.39 Å². The number of nitrogens with one attached hydrogen (secondary N) is 2. The van der Waals surface area contributed by atoms with E-state index in [2.05, 4.69) is 20.3 Å². The van der Waals surface area contributed by atoms with Gasteiger partial charge in [-0.2, -0.15) is 0 Å². The van der Waals surface area contributed by atoms with Gasteiger partial charge >= 0.3 is 0 Å². The minimum Gasteiger partial charge on any atom is -0.372 e. The molecule has 1 saturated carbocycles. The summed E-state index contributed by atoms with van der Waals surface area (Å²) in [4.78, 5) is 12.4. The zero-order chi connectivity index (χ0) is 11.0. The first-order chi connectivity index (χ1) is 7.88. The monoisotopic (exact) mass is 216 g/mol. The number of rotatable bonds is 2. The van der Waals surface area contributed by atoms with E-state index in [0.29, 0.717) is 5.92 Å². The van der Waals surface area contributed by atoms with Gasteiger partial charge in [0.25, 0.3) is 0 Å². The first-order valence-corrected chi connectivity index (χ1v) is 5.91. The molecular formula is C12H16N4. The average molecular weight is 216 g/mol. The van der Waals surface area contributed by atoms with Gasteiger partial charge in [-0.25, -0.2) is 9.97 Å². The summed E-state index contributed by atoms with van der Waals surface area (Å²) >= 11 is 0. The highest BCUT2D eigenvalue weighted by molar-refractivity contribution is 5.86. The van der Waals surface area contributed by atoms with E-state index in [1.807, 2.05) is 19.3 Å². The molecule has 1 aliphatic rings. The maximum Gasteiger partial charge on any atom is 0.143 e. The molecule has 0 spiro atoms. The maximum atomic E-state index is 4.63. The number of hydrogen-bond donors (Lipinski definition) is 2. The van der Waals surface area contributed by atoms with Crippen LogP contribution < -0.4 is 5.32 Å². The lowest BCUT2D eigenvalue weighted by Crippen LogP contribution is -2.04. The maximum absolute atomic E-state index is 4.63. The number of fused-ring (bicyclic) bond motifs is 1. The summed E-state index contributed by atoms with van der Waals surface area (Å²) in [6.45, 7) is 0. The average Bonchev–Trinajstić information content (AvgIpc) is 2.97. The zero-order valence-electron chi connectivity index (χ0n) is 9.45. The predicted molar refractivity (Wildman–Crippen MR) is 64.6 cm³/mol. The fraction of sp³-hybridized carbons (Fsp3) is 0.500. The fourth-order valence-corrected chi connectivity index (χ4v) is 2.52. The molecule has 0 radical (unpaired) electrons. The van der Waals surface area contributed by atoms with Crippen LogP contribution >= 0.6 is 0 Å². The molecule has 4 nitrogen and oxygen atoms in total. The zero-order valence-corrected chi connectivity index (χ0v) is 9.45. The van der Waals surface area contributed by atoms with Crippen LogP contribution in [-0.4, -0.2) is 22.0 Å². The third-order valence-corrected chi connectivity index (χ3v) is 3.39. The van der Waals surface area contributed by atoms with Crippen LogP contribution in [0.5, 0.6) is 0 Å². The molecule has 0 aromatic carbocycles. The molecule has 1 fully saturated rings. The first-order valence-electron chi connectivity index (χ1n) is 5.91. The Balaban J connectivity index is 2.10. The highest BCUT2D eigenvalue weighted by Gasteiger charge is 2.21. The van der Waals surface area contributed by atoms with Gasteiger partial charge in [0, 0.05) is 19.2 Å². The van der Waals surface area contributed by atoms with Gasteiger partial charge in [0.1, 0.15) is 17.3 Å². The van der Waals surface area contributed by atoms with Crippen molar-refractivity contribution in [1.82, 2.24) is 15.0 Å². The van der Waals surface area contributed by atoms with Crippen LogP contribution in [0.25, 0.3) is 11.0 Å². The largest absolute Gasteiger partial charge is 0.372 e. The quantitative estimate of drug-likeness (QED) is 0.811. The van der Waals surface area contributed by atoms with Crippen molar-refractivity contribution in [3.63, 3.8) is 0 Å². The van der Waals surface area contributed by atoms with Crippen LogP contribution in [0.1, 0.15) is 37.4 Å². The van der Waals surface area contributed by atoms with Crippen LogP contribution in [0.4, 0.5) is 5.82 Å². The third kappa shape index (κ3) is 1.45.